The standard InChI is InChI=1S/C19H20N4S/c1-22(2)21-19(23-13-12-20-15-23)18-11-7-6-8-16(18)14-24-17-9-4-3-5-10-17/h3-13,15H,14H2,1-2H3/b21-19-. The molecule has 3 aromatic rings. The molecule has 0 aliphatic heterocycles. The third-order valence-electron chi connectivity index (χ3n) is 3.44. The highest BCUT2D eigenvalue weighted by molar-refractivity contribution is 7.98. The fourth-order valence-electron chi connectivity index (χ4n) is 2.36. The number of thioether (sulfide) groups is 1. The zero-order valence-corrected chi connectivity index (χ0v) is 14.6. The fourth-order valence-corrected chi connectivity index (χ4v) is 3.28. The lowest BCUT2D eigenvalue weighted by Gasteiger charge is -2.15. The highest BCUT2D eigenvalue weighted by Crippen LogP contribution is 2.24. The first kappa shape index (κ1) is 16.3. The molecule has 0 amide bonds. The molecular weight excluding hydrogens is 316 g/mol. The zero-order chi connectivity index (χ0) is 16.8. The van der Waals surface area contributed by atoms with Crippen molar-refractivity contribution < 1.29 is 0 Å². The van der Waals surface area contributed by atoms with Crippen molar-refractivity contribution in [2.24, 2.45) is 5.10 Å². The Morgan fingerprint density at radius 1 is 1.08 bits per heavy atom. The SMILES string of the molecule is CN(C)/N=C(/c1ccccc1CSc1ccccc1)n1ccnc1. The summed E-state index contributed by atoms with van der Waals surface area (Å²) in [5.41, 5.74) is 2.37. The number of nitrogens with zero attached hydrogens (tertiary/aromatic N) is 4. The third-order valence-corrected chi connectivity index (χ3v) is 4.50. The van der Waals surface area contributed by atoms with E-state index < -0.39 is 0 Å². The van der Waals surface area contributed by atoms with Crippen LogP contribution in [-0.4, -0.2) is 34.5 Å². The van der Waals surface area contributed by atoms with Crippen molar-refractivity contribution in [1.29, 1.82) is 0 Å². The van der Waals surface area contributed by atoms with Crippen LogP contribution in [0, 0.1) is 0 Å². The van der Waals surface area contributed by atoms with Gasteiger partial charge in [0.05, 0.1) is 0 Å². The summed E-state index contributed by atoms with van der Waals surface area (Å²) in [5.74, 6) is 1.77. The summed E-state index contributed by atoms with van der Waals surface area (Å²) >= 11 is 1.83. The van der Waals surface area contributed by atoms with Gasteiger partial charge in [0.1, 0.15) is 6.33 Å². The Kier molecular flexibility index (Phi) is 5.33. The van der Waals surface area contributed by atoms with Gasteiger partial charge in [-0.1, -0.05) is 42.5 Å². The van der Waals surface area contributed by atoms with Gasteiger partial charge in [0.25, 0.3) is 0 Å². The first-order valence-corrected chi connectivity index (χ1v) is 8.73. The van der Waals surface area contributed by atoms with Crippen LogP contribution in [0.1, 0.15) is 11.1 Å². The molecule has 0 unspecified atom stereocenters. The minimum atomic E-state index is 0.877. The van der Waals surface area contributed by atoms with Gasteiger partial charge >= 0.3 is 0 Å². The average molecular weight is 336 g/mol. The molecule has 5 heteroatoms. The molecule has 24 heavy (non-hydrogen) atoms. The van der Waals surface area contributed by atoms with E-state index in [2.05, 4.69) is 52.5 Å². The molecule has 4 nitrogen and oxygen atoms in total. The van der Waals surface area contributed by atoms with Crippen LogP contribution in [-0.2, 0) is 5.75 Å². The summed E-state index contributed by atoms with van der Waals surface area (Å²) in [6.45, 7) is 0. The van der Waals surface area contributed by atoms with Crippen molar-refractivity contribution in [2.75, 3.05) is 14.1 Å². The first-order chi connectivity index (χ1) is 11.7. The van der Waals surface area contributed by atoms with Gasteiger partial charge in [-0.25, -0.2) is 4.98 Å². The van der Waals surface area contributed by atoms with Crippen LogP contribution in [0.2, 0.25) is 0 Å². The predicted molar refractivity (Wildman–Crippen MR) is 100 cm³/mol. The topological polar surface area (TPSA) is 33.4 Å². The lowest BCUT2D eigenvalue weighted by Crippen LogP contribution is -2.18. The first-order valence-electron chi connectivity index (χ1n) is 7.74. The van der Waals surface area contributed by atoms with E-state index in [-0.39, 0.29) is 0 Å². The van der Waals surface area contributed by atoms with Crippen LogP contribution in [0.5, 0.6) is 0 Å². The number of hydrazone groups is 1. The van der Waals surface area contributed by atoms with Crippen molar-refractivity contribution in [3.05, 3.63) is 84.4 Å². The molecule has 0 atom stereocenters. The number of hydrogen-bond acceptors (Lipinski definition) is 4. The Hall–Kier alpha value is -2.53. The number of benzene rings is 2. The van der Waals surface area contributed by atoms with Gasteiger partial charge in [0.15, 0.2) is 5.84 Å². The summed E-state index contributed by atoms with van der Waals surface area (Å²) < 4.78 is 1.95. The highest BCUT2D eigenvalue weighted by atomic mass is 32.2. The van der Waals surface area contributed by atoms with Crippen LogP contribution < -0.4 is 0 Å². The number of aromatic nitrogens is 2. The highest BCUT2D eigenvalue weighted by Gasteiger charge is 2.12. The predicted octanol–water partition coefficient (Wildman–Crippen LogP) is 3.95. The minimum Gasteiger partial charge on any atom is -0.301 e. The monoisotopic (exact) mass is 336 g/mol. The Balaban J connectivity index is 1.92. The molecule has 1 heterocycles. The third kappa shape index (κ3) is 4.06. The summed E-state index contributed by atoms with van der Waals surface area (Å²) in [5, 5.41) is 6.48. The minimum absolute atomic E-state index is 0.877. The lowest BCUT2D eigenvalue weighted by atomic mass is 10.1. The maximum absolute atomic E-state index is 4.67. The van der Waals surface area contributed by atoms with Crippen LogP contribution >= 0.6 is 11.8 Å². The molecule has 0 saturated heterocycles. The molecule has 2 aromatic carbocycles. The summed E-state index contributed by atoms with van der Waals surface area (Å²) in [6, 6.07) is 18.8. The van der Waals surface area contributed by atoms with Crippen LogP contribution in [0.25, 0.3) is 0 Å². The lowest BCUT2D eigenvalue weighted by molar-refractivity contribution is 0.435. The number of imidazole rings is 1. The van der Waals surface area contributed by atoms with E-state index in [9.17, 15) is 0 Å². The maximum atomic E-state index is 4.67. The molecule has 122 valence electrons. The van der Waals surface area contributed by atoms with E-state index in [1.165, 1.54) is 10.5 Å². The van der Waals surface area contributed by atoms with E-state index >= 15 is 0 Å². The molecular formula is C19H20N4S. The second-order valence-electron chi connectivity index (χ2n) is 5.50. The van der Waals surface area contributed by atoms with Gasteiger partial charge in [-0.3, -0.25) is 4.57 Å². The van der Waals surface area contributed by atoms with E-state index in [1.54, 1.807) is 12.5 Å². The Bertz CT molecular complexity index is 795. The van der Waals surface area contributed by atoms with E-state index in [0.717, 1.165) is 17.2 Å². The van der Waals surface area contributed by atoms with E-state index in [1.807, 2.05) is 53.8 Å². The fraction of sp³-hybridized carbons (Fsp3) is 0.158. The second-order valence-corrected chi connectivity index (χ2v) is 6.55. The zero-order valence-electron chi connectivity index (χ0n) is 13.8. The molecule has 0 aliphatic carbocycles. The quantitative estimate of drug-likeness (QED) is 0.306. The van der Waals surface area contributed by atoms with Crippen molar-refractivity contribution in [3.63, 3.8) is 0 Å². The van der Waals surface area contributed by atoms with Crippen molar-refractivity contribution in [2.45, 2.75) is 10.6 Å². The van der Waals surface area contributed by atoms with Gasteiger partial charge in [-0.15, -0.1) is 11.8 Å². The van der Waals surface area contributed by atoms with Gasteiger partial charge < -0.3 is 5.01 Å². The molecule has 1 aromatic heterocycles. The molecule has 0 fully saturated rings. The molecule has 0 aliphatic rings. The molecule has 0 saturated carbocycles. The van der Waals surface area contributed by atoms with Gasteiger partial charge in [-0.2, -0.15) is 5.10 Å². The summed E-state index contributed by atoms with van der Waals surface area (Å²) in [6.07, 6.45) is 5.47. The molecule has 0 spiro atoms. The average Bonchev–Trinajstić information content (AvgIpc) is 3.13. The van der Waals surface area contributed by atoms with E-state index in [4.69, 9.17) is 0 Å². The van der Waals surface area contributed by atoms with Crippen molar-refractivity contribution >= 4 is 17.6 Å². The van der Waals surface area contributed by atoms with Crippen LogP contribution in [0.4, 0.5) is 0 Å². The normalized spacial score (nSPS) is 11.5. The van der Waals surface area contributed by atoms with Gasteiger partial charge in [0.2, 0.25) is 0 Å². The molecule has 0 N–H and O–H groups in total. The number of hydrogen-bond donors (Lipinski definition) is 0. The van der Waals surface area contributed by atoms with Crippen LogP contribution in [0.3, 0.4) is 0 Å². The van der Waals surface area contributed by atoms with Crippen molar-refractivity contribution in [3.8, 4) is 0 Å². The van der Waals surface area contributed by atoms with Crippen LogP contribution in [0.15, 0.2) is 83.3 Å². The number of rotatable bonds is 5. The Labute approximate surface area is 146 Å². The van der Waals surface area contributed by atoms with Gasteiger partial charge in [0, 0.05) is 42.7 Å². The Morgan fingerprint density at radius 2 is 1.83 bits per heavy atom. The molecule has 0 radical (unpaired) electrons. The Morgan fingerprint density at radius 3 is 2.54 bits per heavy atom. The smallest absolute Gasteiger partial charge is 0.165 e. The summed E-state index contributed by atoms with van der Waals surface area (Å²) in [4.78, 5) is 5.42. The molecule has 0 bridgehead atoms. The molecule has 3 rings (SSSR count). The van der Waals surface area contributed by atoms with Crippen molar-refractivity contribution in [1.82, 2.24) is 14.6 Å². The largest absolute Gasteiger partial charge is 0.301 e. The van der Waals surface area contributed by atoms with Gasteiger partial charge in [-0.05, 0) is 17.7 Å². The van der Waals surface area contributed by atoms with E-state index in [0.29, 0.717) is 0 Å². The maximum Gasteiger partial charge on any atom is 0.165 e. The second kappa shape index (κ2) is 7.84. The summed E-state index contributed by atoms with van der Waals surface area (Å²) in [7, 11) is 3.86.